The maximum atomic E-state index is 13.2. The molecule has 0 amide bonds. The molecule has 0 atom stereocenters. The smallest absolute Gasteiger partial charge is 0.197 e. The predicted molar refractivity (Wildman–Crippen MR) is 107 cm³/mol. The normalized spacial score (nSPS) is 11.2. The van der Waals surface area contributed by atoms with E-state index in [9.17, 15) is 9.90 Å². The Morgan fingerprint density at radius 1 is 1.20 bits per heavy atom. The van der Waals surface area contributed by atoms with Gasteiger partial charge in [0.05, 0.1) is 14.5 Å². The predicted octanol–water partition coefficient (Wildman–Crippen LogP) is 6.89. The van der Waals surface area contributed by atoms with Crippen LogP contribution in [0.5, 0.6) is 5.75 Å². The summed E-state index contributed by atoms with van der Waals surface area (Å²) < 4.78 is 6.84. The van der Waals surface area contributed by atoms with Crippen molar-refractivity contribution in [1.82, 2.24) is 0 Å². The highest BCUT2D eigenvalue weighted by atomic mass is 79.9. The molecule has 3 nitrogen and oxygen atoms in total. The number of carbonyl (C=O) groups is 1. The summed E-state index contributed by atoms with van der Waals surface area (Å²) in [5.41, 5.74) is 1.63. The first-order valence-electron chi connectivity index (χ1n) is 7.86. The standard InChI is InChI=1S/C19H15Br2ClO3/c1-2-3-4-15-17(12-6-5-11(22)9-16(12)25-15)18(23)10-7-13(20)19(24)14(21)8-10/h5-9,24H,2-4H2,1H3. The molecule has 1 N–H and O–H groups in total. The zero-order valence-corrected chi connectivity index (χ0v) is 17.3. The third kappa shape index (κ3) is 3.64. The Morgan fingerprint density at radius 2 is 1.88 bits per heavy atom. The maximum absolute atomic E-state index is 13.2. The van der Waals surface area contributed by atoms with Gasteiger partial charge in [-0.3, -0.25) is 4.79 Å². The van der Waals surface area contributed by atoms with Crippen LogP contribution in [0.25, 0.3) is 11.0 Å². The monoisotopic (exact) mass is 484 g/mol. The molecule has 0 fully saturated rings. The molecule has 0 radical (unpaired) electrons. The third-order valence-electron chi connectivity index (χ3n) is 3.99. The van der Waals surface area contributed by atoms with Crippen molar-refractivity contribution in [2.75, 3.05) is 0 Å². The molecule has 0 spiro atoms. The van der Waals surface area contributed by atoms with Crippen LogP contribution in [0.4, 0.5) is 0 Å². The Bertz CT molecular complexity index is 940. The lowest BCUT2D eigenvalue weighted by Crippen LogP contribution is -2.04. The number of rotatable bonds is 5. The summed E-state index contributed by atoms with van der Waals surface area (Å²) in [6, 6.07) is 8.52. The van der Waals surface area contributed by atoms with Crippen LogP contribution in [-0.2, 0) is 6.42 Å². The number of benzene rings is 2. The van der Waals surface area contributed by atoms with Crippen LogP contribution in [0.15, 0.2) is 43.7 Å². The van der Waals surface area contributed by atoms with Crippen LogP contribution in [-0.4, -0.2) is 10.9 Å². The number of fused-ring (bicyclic) bond motifs is 1. The number of phenolic OH excluding ortho intramolecular Hbond substituents is 1. The first-order chi connectivity index (χ1) is 11.9. The maximum Gasteiger partial charge on any atom is 0.197 e. The van der Waals surface area contributed by atoms with E-state index in [1.165, 1.54) is 0 Å². The molecule has 0 saturated heterocycles. The largest absolute Gasteiger partial charge is 0.506 e. The Hall–Kier alpha value is -1.30. The lowest BCUT2D eigenvalue weighted by atomic mass is 9.98. The Labute approximate surface area is 167 Å². The minimum Gasteiger partial charge on any atom is -0.506 e. The van der Waals surface area contributed by atoms with E-state index in [2.05, 4.69) is 38.8 Å². The van der Waals surface area contributed by atoms with Crippen molar-refractivity contribution in [3.8, 4) is 5.75 Å². The lowest BCUT2D eigenvalue weighted by Gasteiger charge is -2.06. The molecular formula is C19H15Br2ClO3. The molecule has 1 heterocycles. The van der Waals surface area contributed by atoms with Crippen LogP contribution < -0.4 is 0 Å². The van der Waals surface area contributed by atoms with Gasteiger partial charge < -0.3 is 9.52 Å². The van der Waals surface area contributed by atoms with Crippen LogP contribution in [0.1, 0.15) is 41.4 Å². The summed E-state index contributed by atoms with van der Waals surface area (Å²) in [5, 5.41) is 11.2. The zero-order valence-electron chi connectivity index (χ0n) is 13.4. The van der Waals surface area contributed by atoms with E-state index < -0.39 is 0 Å². The number of phenols is 1. The highest BCUT2D eigenvalue weighted by molar-refractivity contribution is 9.11. The number of carbonyl (C=O) groups excluding carboxylic acids is 1. The molecule has 0 saturated carbocycles. The molecule has 0 aliphatic carbocycles. The minimum absolute atomic E-state index is 0.0617. The van der Waals surface area contributed by atoms with E-state index >= 15 is 0 Å². The van der Waals surface area contributed by atoms with E-state index in [1.54, 1.807) is 24.3 Å². The fourth-order valence-electron chi connectivity index (χ4n) is 2.72. The Kier molecular flexibility index (Phi) is 5.56. The van der Waals surface area contributed by atoms with Crippen LogP contribution in [0.2, 0.25) is 5.02 Å². The fourth-order valence-corrected chi connectivity index (χ4v) is 4.07. The zero-order chi connectivity index (χ0) is 18.1. The number of furan rings is 1. The van der Waals surface area contributed by atoms with Crippen molar-refractivity contribution >= 4 is 60.2 Å². The number of hydrogen-bond donors (Lipinski definition) is 1. The van der Waals surface area contributed by atoms with Crippen molar-refractivity contribution < 1.29 is 14.3 Å². The number of aryl methyl sites for hydroxylation is 1. The van der Waals surface area contributed by atoms with Gasteiger partial charge in [0.15, 0.2) is 5.78 Å². The van der Waals surface area contributed by atoms with Crippen molar-refractivity contribution in [1.29, 1.82) is 0 Å². The summed E-state index contributed by atoms with van der Waals surface area (Å²) in [4.78, 5) is 13.2. The fraction of sp³-hybridized carbons (Fsp3) is 0.211. The van der Waals surface area contributed by atoms with Crippen molar-refractivity contribution in [3.05, 3.63) is 61.2 Å². The topological polar surface area (TPSA) is 50.4 Å². The average molecular weight is 487 g/mol. The van der Waals surface area contributed by atoms with Gasteiger partial charge in [-0.2, -0.15) is 0 Å². The average Bonchev–Trinajstić information content (AvgIpc) is 2.93. The van der Waals surface area contributed by atoms with Gasteiger partial charge in [-0.1, -0.05) is 24.9 Å². The number of unbranched alkanes of at least 4 members (excludes halogenated alkanes) is 1. The van der Waals surface area contributed by atoms with E-state index in [1.807, 2.05) is 6.07 Å². The lowest BCUT2D eigenvalue weighted by molar-refractivity contribution is 0.103. The summed E-state index contributed by atoms with van der Waals surface area (Å²) >= 11 is 12.6. The molecular weight excluding hydrogens is 471 g/mol. The highest BCUT2D eigenvalue weighted by Crippen LogP contribution is 2.36. The SMILES string of the molecule is CCCCc1oc2cc(Cl)ccc2c1C(=O)c1cc(Br)c(O)c(Br)c1. The Balaban J connectivity index is 2.17. The second-order valence-corrected chi connectivity index (χ2v) is 7.91. The molecule has 2 aromatic carbocycles. The first kappa shape index (κ1) is 18.5. The van der Waals surface area contributed by atoms with Crippen molar-refractivity contribution in [2.24, 2.45) is 0 Å². The van der Waals surface area contributed by atoms with Gasteiger partial charge in [-0.25, -0.2) is 0 Å². The highest BCUT2D eigenvalue weighted by Gasteiger charge is 2.23. The van der Waals surface area contributed by atoms with Crippen molar-refractivity contribution in [2.45, 2.75) is 26.2 Å². The summed E-state index contributed by atoms with van der Waals surface area (Å²) in [6.07, 6.45) is 2.61. The number of halogens is 3. The number of aromatic hydroxyl groups is 1. The summed E-state index contributed by atoms with van der Waals surface area (Å²) in [6.45, 7) is 2.09. The first-order valence-corrected chi connectivity index (χ1v) is 9.82. The quantitative estimate of drug-likeness (QED) is 0.400. The summed E-state index contributed by atoms with van der Waals surface area (Å²) in [5.74, 6) is 0.588. The van der Waals surface area contributed by atoms with E-state index in [0.29, 0.717) is 42.9 Å². The molecule has 0 aliphatic heterocycles. The second kappa shape index (κ2) is 7.52. The number of hydrogen-bond acceptors (Lipinski definition) is 3. The van der Waals surface area contributed by atoms with Crippen LogP contribution in [0, 0.1) is 0 Å². The Morgan fingerprint density at radius 3 is 2.52 bits per heavy atom. The van der Waals surface area contributed by atoms with Gasteiger partial charge in [0, 0.05) is 28.5 Å². The molecule has 3 rings (SSSR count). The van der Waals surface area contributed by atoms with E-state index in [0.717, 1.165) is 18.2 Å². The van der Waals surface area contributed by atoms with Gasteiger partial charge in [0.2, 0.25) is 0 Å². The van der Waals surface area contributed by atoms with Crippen LogP contribution >= 0.6 is 43.5 Å². The van der Waals surface area contributed by atoms with Gasteiger partial charge in [0.1, 0.15) is 17.1 Å². The molecule has 0 aliphatic rings. The van der Waals surface area contributed by atoms with E-state index in [4.69, 9.17) is 16.0 Å². The molecule has 25 heavy (non-hydrogen) atoms. The molecule has 0 bridgehead atoms. The number of ketones is 1. The van der Waals surface area contributed by atoms with Gasteiger partial charge >= 0.3 is 0 Å². The van der Waals surface area contributed by atoms with Gasteiger partial charge in [0.25, 0.3) is 0 Å². The van der Waals surface area contributed by atoms with Gasteiger partial charge in [-0.05, 0) is 62.5 Å². The minimum atomic E-state index is -0.145. The molecule has 6 heteroatoms. The van der Waals surface area contributed by atoms with Crippen molar-refractivity contribution in [3.63, 3.8) is 0 Å². The third-order valence-corrected chi connectivity index (χ3v) is 5.43. The van der Waals surface area contributed by atoms with Crippen LogP contribution in [0.3, 0.4) is 0 Å². The second-order valence-electron chi connectivity index (χ2n) is 5.76. The molecule has 1 aromatic heterocycles. The molecule has 3 aromatic rings. The van der Waals surface area contributed by atoms with Gasteiger partial charge in [-0.15, -0.1) is 0 Å². The van der Waals surface area contributed by atoms with E-state index in [-0.39, 0.29) is 11.5 Å². The molecule has 130 valence electrons. The summed E-state index contributed by atoms with van der Waals surface area (Å²) in [7, 11) is 0. The molecule has 0 unspecified atom stereocenters.